The fourth-order valence-electron chi connectivity index (χ4n) is 3.15. The van der Waals surface area contributed by atoms with Gasteiger partial charge in [0.1, 0.15) is 13.2 Å². The van der Waals surface area contributed by atoms with E-state index in [1.807, 2.05) is 61.9 Å². The van der Waals surface area contributed by atoms with E-state index in [1.165, 1.54) is 0 Å². The van der Waals surface area contributed by atoms with Gasteiger partial charge in [-0.25, -0.2) is 0 Å². The summed E-state index contributed by atoms with van der Waals surface area (Å²) in [5.74, 6) is -0.231. The summed E-state index contributed by atoms with van der Waals surface area (Å²) in [7, 11) is 0. The van der Waals surface area contributed by atoms with Gasteiger partial charge in [0.25, 0.3) is 0 Å². The quantitative estimate of drug-likeness (QED) is 0.503. The molecule has 0 aliphatic carbocycles. The van der Waals surface area contributed by atoms with Gasteiger partial charge in [0.2, 0.25) is 11.0 Å². The Balaban J connectivity index is 2.06. The summed E-state index contributed by atoms with van der Waals surface area (Å²) in [5.41, 5.74) is 2.74. The van der Waals surface area contributed by atoms with Gasteiger partial charge in [0.15, 0.2) is 11.4 Å². The van der Waals surface area contributed by atoms with Crippen LogP contribution in [0.25, 0.3) is 16.7 Å². The minimum Gasteiger partial charge on any atom is -0.505 e. The van der Waals surface area contributed by atoms with Gasteiger partial charge in [-0.3, -0.25) is 4.79 Å². The van der Waals surface area contributed by atoms with Crippen molar-refractivity contribution >= 4 is 17.0 Å². The van der Waals surface area contributed by atoms with E-state index in [4.69, 9.17) is 9.84 Å². The second-order valence-electron chi connectivity index (χ2n) is 7.62. The minimum atomic E-state index is -0.397. The molecule has 7 heteroatoms. The highest BCUT2D eigenvalue weighted by molar-refractivity contribution is 5.71. The van der Waals surface area contributed by atoms with Crippen molar-refractivity contribution in [1.29, 1.82) is 0 Å². The molecule has 0 aliphatic heterocycles. The van der Waals surface area contributed by atoms with Gasteiger partial charge in [-0.1, -0.05) is 45.0 Å². The molecule has 1 aromatic heterocycles. The predicted molar refractivity (Wildman–Crippen MR) is 104 cm³/mol. The summed E-state index contributed by atoms with van der Waals surface area (Å²) in [6, 6.07) is 13.2. The lowest BCUT2D eigenvalue weighted by molar-refractivity contribution is -0.747. The van der Waals surface area contributed by atoms with Crippen molar-refractivity contribution in [1.82, 2.24) is 9.90 Å². The van der Waals surface area contributed by atoms with Crippen LogP contribution < -0.4 is 4.68 Å². The van der Waals surface area contributed by atoms with E-state index in [0.717, 1.165) is 16.6 Å². The number of phenols is 1. The van der Waals surface area contributed by atoms with Crippen molar-refractivity contribution in [3.63, 3.8) is 0 Å². The molecule has 0 saturated heterocycles. The Bertz CT molecular complexity index is 989. The number of nitrogens with zero attached hydrogens (tertiary/aromatic N) is 3. The van der Waals surface area contributed by atoms with Crippen LogP contribution in [0.1, 0.15) is 32.8 Å². The van der Waals surface area contributed by atoms with Crippen molar-refractivity contribution in [3.8, 4) is 11.4 Å². The second-order valence-corrected chi connectivity index (χ2v) is 7.62. The molecule has 2 aromatic carbocycles. The molecular formula is C21H26N3O4+. The van der Waals surface area contributed by atoms with Crippen molar-refractivity contribution < 1.29 is 24.4 Å². The third-order valence-corrected chi connectivity index (χ3v) is 4.51. The van der Waals surface area contributed by atoms with E-state index in [0.29, 0.717) is 12.2 Å². The molecule has 7 nitrogen and oxygen atoms in total. The number of carbonyl (C=O) groups is 1. The minimum absolute atomic E-state index is 0.0159. The number of fused-ring (bicyclic) bond motifs is 1. The molecule has 3 aromatic rings. The molecule has 148 valence electrons. The van der Waals surface area contributed by atoms with Crippen LogP contribution in [0.5, 0.6) is 5.75 Å². The molecule has 0 aliphatic rings. The zero-order valence-electron chi connectivity index (χ0n) is 16.4. The molecule has 0 amide bonds. The number of ether oxygens (including phenoxy) is 1. The van der Waals surface area contributed by atoms with E-state index in [1.54, 1.807) is 10.9 Å². The Labute approximate surface area is 163 Å². The van der Waals surface area contributed by atoms with Gasteiger partial charge in [-0.15, -0.1) is 4.68 Å². The average molecular weight is 384 g/mol. The molecule has 0 fully saturated rings. The lowest BCUT2D eigenvalue weighted by Crippen LogP contribution is -2.44. The number of esters is 1. The van der Waals surface area contributed by atoms with E-state index in [-0.39, 0.29) is 30.8 Å². The topological polar surface area (TPSA) is 88.5 Å². The number of para-hydroxylation sites is 2. The highest BCUT2D eigenvalue weighted by Crippen LogP contribution is 2.34. The Morgan fingerprint density at radius 3 is 2.64 bits per heavy atom. The largest absolute Gasteiger partial charge is 0.505 e. The highest BCUT2D eigenvalue weighted by atomic mass is 16.5. The fourth-order valence-corrected chi connectivity index (χ4v) is 3.15. The number of phenolic OH excluding ortho intramolecular Hbond substituents is 1. The van der Waals surface area contributed by atoms with Gasteiger partial charge < -0.3 is 14.9 Å². The molecular weight excluding hydrogens is 358 g/mol. The summed E-state index contributed by atoms with van der Waals surface area (Å²) in [6.07, 6.45) is 0.125. The van der Waals surface area contributed by atoms with E-state index >= 15 is 0 Å². The molecule has 1 heterocycles. The Morgan fingerprint density at radius 2 is 1.93 bits per heavy atom. The summed E-state index contributed by atoms with van der Waals surface area (Å²) in [5, 5.41) is 24.4. The summed E-state index contributed by atoms with van der Waals surface area (Å²) in [4.78, 5) is 13.5. The number of carbonyl (C=O) groups excluding carboxylic acids is 1. The zero-order valence-corrected chi connectivity index (χ0v) is 16.4. The molecule has 2 N–H and O–H groups in total. The Kier molecular flexibility index (Phi) is 5.65. The van der Waals surface area contributed by atoms with Gasteiger partial charge in [0, 0.05) is 5.56 Å². The van der Waals surface area contributed by atoms with E-state index in [2.05, 4.69) is 5.10 Å². The summed E-state index contributed by atoms with van der Waals surface area (Å²) < 4.78 is 6.80. The molecule has 0 saturated carbocycles. The first-order valence-electron chi connectivity index (χ1n) is 9.30. The van der Waals surface area contributed by atoms with Gasteiger partial charge in [-0.2, -0.15) is 0 Å². The van der Waals surface area contributed by atoms with Crippen LogP contribution in [0.2, 0.25) is 0 Å². The second kappa shape index (κ2) is 7.98. The van der Waals surface area contributed by atoms with Crippen molar-refractivity contribution in [2.24, 2.45) is 0 Å². The van der Waals surface area contributed by atoms with E-state index < -0.39 is 5.97 Å². The number of benzene rings is 2. The first kappa shape index (κ1) is 19.8. The number of hydrogen-bond donors (Lipinski definition) is 2. The third-order valence-electron chi connectivity index (χ3n) is 4.51. The molecule has 0 atom stereocenters. The normalized spacial score (nSPS) is 11.7. The maximum absolute atomic E-state index is 11.9. The first-order valence-corrected chi connectivity index (χ1v) is 9.30. The molecule has 0 unspecified atom stereocenters. The fraction of sp³-hybridized carbons (Fsp3) is 0.381. The van der Waals surface area contributed by atoms with Crippen LogP contribution >= 0.6 is 0 Å². The smallest absolute Gasteiger partial charge is 0.309 e. The highest BCUT2D eigenvalue weighted by Gasteiger charge is 2.26. The van der Waals surface area contributed by atoms with Crippen LogP contribution in [-0.4, -0.2) is 39.3 Å². The zero-order chi connectivity index (χ0) is 20.3. The van der Waals surface area contributed by atoms with Gasteiger partial charge in [-0.05, 0) is 28.4 Å². The van der Waals surface area contributed by atoms with Crippen LogP contribution in [0, 0.1) is 0 Å². The lowest BCUT2D eigenvalue weighted by atomic mass is 9.86. The SMILES string of the molecule is CC(C)(C)c1cccc(-n2nc3ccccc3[n+]2CCC(=O)OCCO)c1O. The molecule has 3 rings (SSSR count). The van der Waals surface area contributed by atoms with Crippen LogP contribution in [0.15, 0.2) is 42.5 Å². The van der Waals surface area contributed by atoms with E-state index in [9.17, 15) is 9.90 Å². The molecule has 28 heavy (non-hydrogen) atoms. The number of aliphatic hydroxyl groups is 1. The average Bonchev–Trinajstić information content (AvgIpc) is 3.02. The summed E-state index contributed by atoms with van der Waals surface area (Å²) >= 11 is 0. The van der Waals surface area contributed by atoms with Crippen LogP contribution in [0.3, 0.4) is 0 Å². The molecule has 0 radical (unpaired) electrons. The number of hydrogen-bond acceptors (Lipinski definition) is 5. The van der Waals surface area contributed by atoms with Crippen molar-refractivity contribution in [2.45, 2.75) is 39.2 Å². The number of aliphatic hydroxyl groups excluding tert-OH is 1. The van der Waals surface area contributed by atoms with Crippen LogP contribution in [-0.2, 0) is 21.5 Å². The first-order chi connectivity index (χ1) is 13.3. The number of rotatable bonds is 6. The monoisotopic (exact) mass is 384 g/mol. The van der Waals surface area contributed by atoms with Gasteiger partial charge in [0.05, 0.1) is 18.1 Å². The van der Waals surface area contributed by atoms with Gasteiger partial charge >= 0.3 is 5.97 Å². The molecule has 0 bridgehead atoms. The maximum atomic E-state index is 11.9. The lowest BCUT2D eigenvalue weighted by Gasteiger charge is -2.21. The van der Waals surface area contributed by atoms with Crippen molar-refractivity contribution in [2.75, 3.05) is 13.2 Å². The predicted octanol–water partition coefficient (Wildman–Crippen LogP) is 2.24. The van der Waals surface area contributed by atoms with Crippen molar-refractivity contribution in [3.05, 3.63) is 48.0 Å². The number of aromatic hydroxyl groups is 1. The third kappa shape index (κ3) is 3.99. The Morgan fingerprint density at radius 1 is 1.18 bits per heavy atom. The molecule has 0 spiro atoms. The number of aryl methyl sites for hydroxylation is 1. The number of aromatic nitrogens is 3. The van der Waals surface area contributed by atoms with Crippen LogP contribution in [0.4, 0.5) is 0 Å². The summed E-state index contributed by atoms with van der Waals surface area (Å²) in [6.45, 7) is 6.22. The Hall–Kier alpha value is -2.93. The maximum Gasteiger partial charge on any atom is 0.309 e. The standard InChI is InChI=1S/C21H25N3O4/c1-21(2,3)15-7-6-10-18(20(15)27)24-22-16-8-4-5-9-17(16)23(24)12-11-19(26)28-14-13-25/h4-10,25H,11-14H2,1-3H3/p+1.